The molecule has 2 aliphatic rings. The molecule has 0 bridgehead atoms. The highest BCUT2D eigenvalue weighted by Crippen LogP contribution is 2.36. The maximum Gasteiger partial charge on any atom is 0.223 e. The molecule has 6 atom stereocenters. The summed E-state index contributed by atoms with van der Waals surface area (Å²) >= 11 is 0. The number of hydrogen-bond acceptors (Lipinski definition) is 8. The van der Waals surface area contributed by atoms with Gasteiger partial charge in [0, 0.05) is 6.92 Å². The number of rotatable bonds is 5. The van der Waals surface area contributed by atoms with Gasteiger partial charge in [-0.3, -0.25) is 4.79 Å². The third kappa shape index (κ3) is 4.08. The highest BCUT2D eigenvalue weighted by atomic mass is 16.8. The molecular formula is C20H23NO8. The van der Waals surface area contributed by atoms with Gasteiger partial charge >= 0.3 is 0 Å². The first-order valence-corrected chi connectivity index (χ1v) is 9.27. The van der Waals surface area contributed by atoms with Crippen LogP contribution in [0.25, 0.3) is 0 Å². The summed E-state index contributed by atoms with van der Waals surface area (Å²) in [6.45, 7) is 1.52. The van der Waals surface area contributed by atoms with Crippen molar-refractivity contribution in [2.75, 3.05) is 13.7 Å². The minimum Gasteiger partial charge on any atom is -0.493 e. The fourth-order valence-electron chi connectivity index (χ4n) is 3.49. The molecule has 1 amide bonds. The molecule has 2 aromatic rings. The van der Waals surface area contributed by atoms with Crippen molar-refractivity contribution in [2.45, 2.75) is 43.9 Å². The number of para-hydroxylation sites is 2. The molecule has 0 saturated carbocycles. The van der Waals surface area contributed by atoms with Crippen LogP contribution in [0.4, 0.5) is 0 Å². The molecule has 2 aliphatic heterocycles. The summed E-state index contributed by atoms with van der Waals surface area (Å²) in [7, 11) is 1.53. The van der Waals surface area contributed by atoms with Gasteiger partial charge in [-0.2, -0.15) is 0 Å². The Kier molecular flexibility index (Phi) is 5.72. The van der Waals surface area contributed by atoms with E-state index in [1.54, 1.807) is 36.4 Å². The number of carbonyl (C=O) groups excluding carboxylic acids is 1. The van der Waals surface area contributed by atoms with Crippen LogP contribution >= 0.6 is 0 Å². The third-order valence-corrected chi connectivity index (χ3v) is 4.82. The molecule has 0 aliphatic carbocycles. The van der Waals surface area contributed by atoms with Crippen LogP contribution in [0, 0.1) is 0 Å². The number of furan rings is 1. The quantitative estimate of drug-likeness (QED) is 0.768. The van der Waals surface area contributed by atoms with Crippen molar-refractivity contribution in [2.24, 2.45) is 0 Å². The Hall–Kier alpha value is -2.59. The lowest BCUT2D eigenvalue weighted by Crippen LogP contribution is -2.67. The second-order valence-electron chi connectivity index (χ2n) is 6.81. The molecule has 1 aromatic heterocycles. The van der Waals surface area contributed by atoms with Crippen molar-refractivity contribution in [3.05, 3.63) is 48.4 Å². The molecule has 9 heteroatoms. The predicted molar refractivity (Wildman–Crippen MR) is 98.2 cm³/mol. The van der Waals surface area contributed by atoms with Gasteiger partial charge in [0.05, 0.1) is 20.0 Å². The molecule has 2 N–H and O–H groups in total. The number of aliphatic hydroxyl groups excluding tert-OH is 1. The van der Waals surface area contributed by atoms with E-state index in [0.717, 1.165) is 0 Å². The second-order valence-corrected chi connectivity index (χ2v) is 6.81. The van der Waals surface area contributed by atoms with E-state index in [-0.39, 0.29) is 12.5 Å². The summed E-state index contributed by atoms with van der Waals surface area (Å²) in [5.41, 5.74) is 0. The van der Waals surface area contributed by atoms with Gasteiger partial charge in [0.1, 0.15) is 24.4 Å². The normalized spacial score (nSPS) is 31.6. The van der Waals surface area contributed by atoms with Gasteiger partial charge in [0.15, 0.2) is 17.3 Å². The van der Waals surface area contributed by atoms with Crippen molar-refractivity contribution in [3.63, 3.8) is 0 Å². The highest BCUT2D eigenvalue weighted by Gasteiger charge is 2.51. The molecular weight excluding hydrogens is 382 g/mol. The van der Waals surface area contributed by atoms with E-state index in [1.807, 2.05) is 0 Å². The van der Waals surface area contributed by atoms with Crippen LogP contribution in [0.1, 0.15) is 19.0 Å². The van der Waals surface area contributed by atoms with Crippen LogP contribution in [0.2, 0.25) is 0 Å². The SMILES string of the molecule is COc1ccccc1O[C@@H]1O[C@@H]2CO[C@H](c3ccco3)O[C@@H]2[C@H](O)[C@H]1NC(C)=O. The van der Waals surface area contributed by atoms with E-state index in [9.17, 15) is 9.90 Å². The monoisotopic (exact) mass is 405 g/mol. The van der Waals surface area contributed by atoms with E-state index >= 15 is 0 Å². The van der Waals surface area contributed by atoms with Crippen LogP contribution in [0.15, 0.2) is 47.1 Å². The lowest BCUT2D eigenvalue weighted by atomic mass is 9.96. The van der Waals surface area contributed by atoms with Crippen molar-refractivity contribution in [3.8, 4) is 11.5 Å². The van der Waals surface area contributed by atoms with E-state index in [4.69, 9.17) is 28.1 Å². The minimum atomic E-state index is -1.10. The molecule has 4 rings (SSSR count). The van der Waals surface area contributed by atoms with Gasteiger partial charge in [0.25, 0.3) is 0 Å². The zero-order valence-corrected chi connectivity index (χ0v) is 16.0. The molecule has 0 unspecified atom stereocenters. The van der Waals surface area contributed by atoms with E-state index in [0.29, 0.717) is 17.3 Å². The van der Waals surface area contributed by atoms with Gasteiger partial charge in [0.2, 0.25) is 18.5 Å². The first kappa shape index (κ1) is 19.7. The predicted octanol–water partition coefficient (Wildman–Crippen LogP) is 1.37. The number of amides is 1. The van der Waals surface area contributed by atoms with Crippen LogP contribution in [-0.2, 0) is 19.0 Å². The largest absolute Gasteiger partial charge is 0.493 e. The number of ether oxygens (including phenoxy) is 5. The zero-order valence-electron chi connectivity index (χ0n) is 16.0. The number of carbonyl (C=O) groups is 1. The highest BCUT2D eigenvalue weighted by molar-refractivity contribution is 5.73. The van der Waals surface area contributed by atoms with Crippen LogP contribution in [0.3, 0.4) is 0 Å². The standard InChI is InChI=1S/C20H23NO8/c1-11(22)21-16-17(23)18-15(10-26-19(29-18)14-8-5-9-25-14)28-20(16)27-13-7-4-3-6-12(13)24-2/h3-9,15-20,23H,10H2,1-2H3,(H,21,22)/t15-,16-,17-,18+,19+,20-/m1/s1. The van der Waals surface area contributed by atoms with Crippen LogP contribution < -0.4 is 14.8 Å². The maximum atomic E-state index is 11.8. The third-order valence-electron chi connectivity index (χ3n) is 4.82. The van der Waals surface area contributed by atoms with Gasteiger partial charge < -0.3 is 38.5 Å². The zero-order chi connectivity index (χ0) is 20.4. The summed E-state index contributed by atoms with van der Waals surface area (Å²) < 4.78 is 34.2. The van der Waals surface area contributed by atoms with E-state index in [2.05, 4.69) is 5.32 Å². The van der Waals surface area contributed by atoms with E-state index in [1.165, 1.54) is 20.3 Å². The van der Waals surface area contributed by atoms with Gasteiger partial charge in [-0.15, -0.1) is 0 Å². The van der Waals surface area contributed by atoms with Crippen molar-refractivity contribution < 1.29 is 38.0 Å². The molecule has 1 aromatic carbocycles. The molecule has 2 fully saturated rings. The Labute approximate surface area is 167 Å². The number of hydrogen-bond donors (Lipinski definition) is 2. The Morgan fingerprint density at radius 2 is 1.97 bits per heavy atom. The second kappa shape index (κ2) is 8.42. The Morgan fingerprint density at radius 1 is 1.17 bits per heavy atom. The summed E-state index contributed by atoms with van der Waals surface area (Å²) in [6, 6.07) is 9.63. The summed E-state index contributed by atoms with van der Waals surface area (Å²) in [6.07, 6.45) is -2.67. The molecule has 0 radical (unpaired) electrons. The Bertz CT molecular complexity index is 826. The van der Waals surface area contributed by atoms with Crippen LogP contribution in [-0.4, -0.2) is 55.4 Å². The fourth-order valence-corrected chi connectivity index (χ4v) is 3.49. The average Bonchev–Trinajstić information content (AvgIpc) is 3.26. The van der Waals surface area contributed by atoms with E-state index < -0.39 is 36.9 Å². The average molecular weight is 405 g/mol. The molecule has 156 valence electrons. The van der Waals surface area contributed by atoms with Gasteiger partial charge in [-0.25, -0.2) is 0 Å². The molecule has 3 heterocycles. The van der Waals surface area contributed by atoms with Crippen LogP contribution in [0.5, 0.6) is 11.5 Å². The number of aliphatic hydroxyl groups is 1. The Morgan fingerprint density at radius 3 is 2.66 bits per heavy atom. The molecule has 29 heavy (non-hydrogen) atoms. The number of fused-ring (bicyclic) bond motifs is 1. The fraction of sp³-hybridized carbons (Fsp3) is 0.450. The van der Waals surface area contributed by atoms with Crippen molar-refractivity contribution >= 4 is 5.91 Å². The summed E-state index contributed by atoms with van der Waals surface area (Å²) in [4.78, 5) is 11.8. The topological polar surface area (TPSA) is 109 Å². The first-order chi connectivity index (χ1) is 14.1. The smallest absolute Gasteiger partial charge is 0.223 e. The number of benzene rings is 1. The first-order valence-electron chi connectivity index (χ1n) is 9.27. The maximum absolute atomic E-state index is 11.8. The molecule has 2 saturated heterocycles. The minimum absolute atomic E-state index is 0.158. The Balaban J connectivity index is 1.55. The molecule has 9 nitrogen and oxygen atoms in total. The molecule has 0 spiro atoms. The summed E-state index contributed by atoms with van der Waals surface area (Å²) in [5.74, 6) is 1.08. The van der Waals surface area contributed by atoms with Gasteiger partial charge in [-0.05, 0) is 24.3 Å². The van der Waals surface area contributed by atoms with Crippen molar-refractivity contribution in [1.82, 2.24) is 5.32 Å². The van der Waals surface area contributed by atoms with Gasteiger partial charge in [-0.1, -0.05) is 12.1 Å². The number of methoxy groups -OCH3 is 1. The summed E-state index contributed by atoms with van der Waals surface area (Å²) in [5, 5.41) is 13.7. The van der Waals surface area contributed by atoms with Crippen molar-refractivity contribution in [1.29, 1.82) is 0 Å². The lowest BCUT2D eigenvalue weighted by molar-refractivity contribution is -0.336. The lowest BCUT2D eigenvalue weighted by Gasteiger charge is -2.47. The number of nitrogens with one attached hydrogen (secondary N) is 1.